The van der Waals surface area contributed by atoms with Gasteiger partial charge in [-0.2, -0.15) is 5.10 Å². The van der Waals surface area contributed by atoms with Crippen molar-refractivity contribution >= 4 is 30.7 Å². The van der Waals surface area contributed by atoms with Crippen molar-refractivity contribution in [3.63, 3.8) is 0 Å². The molecule has 3 rings (SSSR count). The molecule has 1 aliphatic carbocycles. The van der Waals surface area contributed by atoms with Crippen molar-refractivity contribution in [1.82, 2.24) is 20.1 Å². The third kappa shape index (κ3) is 4.22. The van der Waals surface area contributed by atoms with Gasteiger partial charge in [0.25, 0.3) is 5.91 Å². The number of pyridine rings is 1. The van der Waals surface area contributed by atoms with Gasteiger partial charge in [-0.15, -0.1) is 24.8 Å². The molecule has 2 aromatic heterocycles. The lowest BCUT2D eigenvalue weighted by Gasteiger charge is -2.29. The van der Waals surface area contributed by atoms with Crippen molar-refractivity contribution < 1.29 is 4.79 Å². The Kier molecular flexibility index (Phi) is 6.56. The van der Waals surface area contributed by atoms with Crippen molar-refractivity contribution in [3.05, 3.63) is 42.5 Å². The summed E-state index contributed by atoms with van der Waals surface area (Å²) in [7, 11) is 0. The minimum absolute atomic E-state index is 0. The smallest absolute Gasteiger partial charge is 0.270 e. The zero-order valence-corrected chi connectivity index (χ0v) is 14.4. The second-order valence-corrected chi connectivity index (χ2v) is 5.70. The van der Waals surface area contributed by atoms with Crippen LogP contribution in [0.1, 0.15) is 30.3 Å². The normalized spacial score (nSPS) is 15.7. The number of hydrogen-bond acceptors (Lipinski definition) is 4. The van der Waals surface area contributed by atoms with E-state index >= 15 is 0 Å². The first-order valence-electron chi connectivity index (χ1n) is 7.11. The van der Waals surface area contributed by atoms with Crippen molar-refractivity contribution in [2.45, 2.75) is 25.3 Å². The highest BCUT2D eigenvalue weighted by atomic mass is 35.5. The molecular weight excluding hydrogens is 337 g/mol. The summed E-state index contributed by atoms with van der Waals surface area (Å²) in [5, 5.41) is 7.19. The second-order valence-electron chi connectivity index (χ2n) is 5.70. The van der Waals surface area contributed by atoms with Crippen LogP contribution in [0.3, 0.4) is 0 Å². The van der Waals surface area contributed by atoms with Crippen LogP contribution >= 0.6 is 24.8 Å². The van der Waals surface area contributed by atoms with Crippen molar-refractivity contribution in [3.8, 4) is 5.69 Å². The number of carbonyl (C=O) groups is 1. The van der Waals surface area contributed by atoms with E-state index in [0.29, 0.717) is 18.2 Å². The van der Waals surface area contributed by atoms with Crippen LogP contribution in [0.5, 0.6) is 0 Å². The molecule has 0 aliphatic heterocycles. The van der Waals surface area contributed by atoms with Gasteiger partial charge in [-0.05, 0) is 43.9 Å². The largest absolute Gasteiger partial charge is 0.344 e. The minimum atomic E-state index is -0.347. The van der Waals surface area contributed by atoms with E-state index in [-0.39, 0.29) is 36.3 Å². The summed E-state index contributed by atoms with van der Waals surface area (Å²) in [5.41, 5.74) is 6.67. The van der Waals surface area contributed by atoms with Gasteiger partial charge in [-0.25, -0.2) is 4.68 Å². The Bertz CT molecular complexity index is 645. The van der Waals surface area contributed by atoms with Crippen molar-refractivity contribution in [1.29, 1.82) is 0 Å². The molecule has 1 amide bonds. The predicted molar refractivity (Wildman–Crippen MR) is 93.5 cm³/mol. The van der Waals surface area contributed by atoms with E-state index in [1.807, 2.05) is 25.3 Å². The van der Waals surface area contributed by atoms with E-state index in [2.05, 4.69) is 15.4 Å². The third-order valence-corrected chi connectivity index (χ3v) is 4.05. The third-order valence-electron chi connectivity index (χ3n) is 4.05. The number of amides is 1. The molecule has 0 bridgehead atoms. The van der Waals surface area contributed by atoms with E-state index in [4.69, 9.17) is 5.73 Å². The van der Waals surface area contributed by atoms with Gasteiger partial charge >= 0.3 is 0 Å². The molecule has 0 radical (unpaired) electrons. The molecular formula is C15H21Cl2N5O. The maximum Gasteiger partial charge on any atom is 0.270 e. The molecule has 2 heterocycles. The summed E-state index contributed by atoms with van der Waals surface area (Å²) >= 11 is 0. The number of nitrogens with zero attached hydrogens (tertiary/aromatic N) is 3. The first kappa shape index (κ1) is 19.4. The second kappa shape index (κ2) is 7.77. The number of hydrogen-bond donors (Lipinski definition) is 2. The fraction of sp³-hybridized carbons (Fsp3) is 0.400. The highest BCUT2D eigenvalue weighted by Crippen LogP contribution is 2.39. The average molecular weight is 358 g/mol. The Hall–Kier alpha value is -1.63. The van der Waals surface area contributed by atoms with Gasteiger partial charge in [-0.3, -0.25) is 9.78 Å². The fourth-order valence-electron chi connectivity index (χ4n) is 2.47. The average Bonchev–Trinajstić information content (AvgIpc) is 3.23. The predicted octanol–water partition coefficient (Wildman–Crippen LogP) is 1.97. The molecule has 1 unspecified atom stereocenters. The molecule has 6 nitrogen and oxygen atoms in total. The topological polar surface area (TPSA) is 85.8 Å². The molecule has 8 heteroatoms. The quantitative estimate of drug-likeness (QED) is 0.856. The van der Waals surface area contributed by atoms with E-state index in [1.165, 1.54) is 0 Å². The zero-order valence-electron chi connectivity index (χ0n) is 12.8. The molecule has 0 spiro atoms. The zero-order chi connectivity index (χ0) is 14.9. The Morgan fingerprint density at radius 3 is 2.74 bits per heavy atom. The Morgan fingerprint density at radius 1 is 1.43 bits per heavy atom. The number of nitrogens with one attached hydrogen (secondary N) is 1. The first-order valence-corrected chi connectivity index (χ1v) is 7.11. The summed E-state index contributed by atoms with van der Waals surface area (Å²) in [4.78, 5) is 16.6. The molecule has 1 aliphatic rings. The van der Waals surface area contributed by atoms with Crippen LogP contribution in [0.15, 0.2) is 36.8 Å². The van der Waals surface area contributed by atoms with Crippen molar-refractivity contribution in [2.75, 3.05) is 6.54 Å². The van der Waals surface area contributed by atoms with Crippen LogP contribution in [0.25, 0.3) is 5.69 Å². The van der Waals surface area contributed by atoms with E-state index in [9.17, 15) is 4.79 Å². The standard InChI is InChI=1S/C15H19N5O.2ClH/c1-15(10-16,11-3-4-11)19-14(21)13-9-12(5-7-17-13)20-8-2-6-18-20;;/h2,5-9,11H,3-4,10,16H2,1H3,(H,19,21);2*1H. The van der Waals surface area contributed by atoms with E-state index in [1.54, 1.807) is 23.1 Å². The molecule has 1 saturated carbocycles. The van der Waals surface area contributed by atoms with Gasteiger partial charge in [0.1, 0.15) is 5.69 Å². The van der Waals surface area contributed by atoms with Gasteiger partial charge in [0.15, 0.2) is 0 Å². The number of aromatic nitrogens is 3. The van der Waals surface area contributed by atoms with Gasteiger partial charge in [-0.1, -0.05) is 0 Å². The highest BCUT2D eigenvalue weighted by Gasteiger charge is 2.41. The van der Waals surface area contributed by atoms with Crippen LogP contribution in [0.2, 0.25) is 0 Å². The summed E-state index contributed by atoms with van der Waals surface area (Å²) < 4.78 is 1.70. The van der Waals surface area contributed by atoms with Crippen LogP contribution in [-0.2, 0) is 0 Å². The number of halogens is 2. The summed E-state index contributed by atoms with van der Waals surface area (Å²) in [6, 6.07) is 5.37. The molecule has 1 fully saturated rings. The van der Waals surface area contributed by atoms with Crippen LogP contribution in [0.4, 0.5) is 0 Å². The lowest BCUT2D eigenvalue weighted by molar-refractivity contribution is 0.0892. The van der Waals surface area contributed by atoms with Gasteiger partial charge in [0.2, 0.25) is 0 Å². The maximum absolute atomic E-state index is 12.4. The Labute approximate surface area is 147 Å². The summed E-state index contributed by atoms with van der Waals surface area (Å²) in [5.74, 6) is 0.282. The molecule has 3 N–H and O–H groups in total. The van der Waals surface area contributed by atoms with E-state index in [0.717, 1.165) is 18.5 Å². The number of rotatable bonds is 5. The van der Waals surface area contributed by atoms with Crippen molar-refractivity contribution in [2.24, 2.45) is 11.7 Å². The first-order chi connectivity index (χ1) is 10.1. The molecule has 0 saturated heterocycles. The molecule has 2 aromatic rings. The summed E-state index contributed by atoms with van der Waals surface area (Å²) in [6.07, 6.45) is 7.37. The Morgan fingerprint density at radius 2 is 2.17 bits per heavy atom. The van der Waals surface area contributed by atoms with Crippen LogP contribution in [0, 0.1) is 5.92 Å². The van der Waals surface area contributed by atoms with Gasteiger partial charge < -0.3 is 11.1 Å². The van der Waals surface area contributed by atoms with Gasteiger partial charge in [0, 0.05) is 25.1 Å². The minimum Gasteiger partial charge on any atom is -0.344 e. The summed E-state index contributed by atoms with van der Waals surface area (Å²) in [6.45, 7) is 2.43. The van der Waals surface area contributed by atoms with E-state index < -0.39 is 0 Å². The monoisotopic (exact) mass is 357 g/mol. The molecule has 23 heavy (non-hydrogen) atoms. The number of carbonyl (C=O) groups excluding carboxylic acids is 1. The molecule has 126 valence electrons. The van der Waals surface area contributed by atoms with Gasteiger partial charge in [0.05, 0.1) is 11.2 Å². The maximum atomic E-state index is 12.4. The highest BCUT2D eigenvalue weighted by molar-refractivity contribution is 5.93. The number of nitrogens with two attached hydrogens (primary N) is 1. The van der Waals surface area contributed by atoms with Crippen LogP contribution < -0.4 is 11.1 Å². The molecule has 0 aromatic carbocycles. The lowest BCUT2D eigenvalue weighted by atomic mass is 9.96. The molecule has 1 atom stereocenters. The lowest BCUT2D eigenvalue weighted by Crippen LogP contribution is -2.53. The van der Waals surface area contributed by atoms with Crippen LogP contribution in [-0.4, -0.2) is 32.8 Å². The SMILES string of the molecule is CC(CN)(NC(=O)c1cc(-n2cccn2)ccn1)C1CC1.Cl.Cl. The fourth-order valence-corrected chi connectivity index (χ4v) is 2.47. The Balaban J connectivity index is 0.00000132.